The van der Waals surface area contributed by atoms with Crippen LogP contribution in [0, 0.1) is 18.3 Å². The van der Waals surface area contributed by atoms with Crippen LogP contribution in [0.15, 0.2) is 41.1 Å². The largest absolute Gasteiger partial charge is 0.441 e. The first-order valence-corrected chi connectivity index (χ1v) is 9.49. The van der Waals surface area contributed by atoms with Crippen molar-refractivity contribution >= 4 is 22.5 Å². The van der Waals surface area contributed by atoms with Gasteiger partial charge in [-0.25, -0.2) is 9.97 Å². The predicted octanol–water partition coefficient (Wildman–Crippen LogP) is 3.53. The molecular formula is C21H22N4O2. The van der Waals surface area contributed by atoms with Gasteiger partial charge >= 0.3 is 0 Å². The van der Waals surface area contributed by atoms with Crippen molar-refractivity contribution < 1.29 is 9.21 Å². The van der Waals surface area contributed by atoms with E-state index in [0.717, 1.165) is 54.4 Å². The first-order valence-electron chi connectivity index (χ1n) is 9.49. The first-order chi connectivity index (χ1) is 13.1. The molecule has 0 spiro atoms. The fourth-order valence-electron chi connectivity index (χ4n) is 4.42. The van der Waals surface area contributed by atoms with Gasteiger partial charge in [-0.2, -0.15) is 0 Å². The number of piperidine rings is 1. The summed E-state index contributed by atoms with van der Waals surface area (Å²) < 4.78 is 5.62. The van der Waals surface area contributed by atoms with E-state index < -0.39 is 0 Å². The van der Waals surface area contributed by atoms with Gasteiger partial charge < -0.3 is 15.1 Å². The van der Waals surface area contributed by atoms with Crippen molar-refractivity contribution in [1.82, 2.24) is 15.3 Å². The molecule has 2 aromatic heterocycles. The van der Waals surface area contributed by atoms with Gasteiger partial charge in [-0.15, -0.1) is 0 Å². The molecular weight excluding hydrogens is 340 g/mol. The van der Waals surface area contributed by atoms with Crippen molar-refractivity contribution in [2.24, 2.45) is 11.3 Å². The number of oxazole rings is 1. The molecule has 0 radical (unpaired) electrons. The molecule has 2 aliphatic rings. The van der Waals surface area contributed by atoms with E-state index in [2.05, 4.69) is 20.6 Å². The van der Waals surface area contributed by atoms with E-state index in [1.54, 1.807) is 12.4 Å². The third-order valence-corrected chi connectivity index (χ3v) is 6.18. The van der Waals surface area contributed by atoms with Crippen molar-refractivity contribution in [3.8, 4) is 11.3 Å². The zero-order chi connectivity index (χ0) is 18.4. The molecule has 2 fully saturated rings. The number of hydrogen-bond acceptors (Lipinski definition) is 5. The zero-order valence-corrected chi connectivity index (χ0v) is 15.3. The Hall–Kier alpha value is -2.73. The number of carbonyl (C=O) groups is 1. The van der Waals surface area contributed by atoms with Gasteiger partial charge in [0, 0.05) is 24.1 Å². The number of rotatable bonds is 3. The summed E-state index contributed by atoms with van der Waals surface area (Å²) in [5.74, 6) is 2.56. The molecule has 1 saturated heterocycles. The van der Waals surface area contributed by atoms with Gasteiger partial charge in [-0.3, -0.25) is 4.79 Å². The second kappa shape index (κ2) is 6.16. The summed E-state index contributed by atoms with van der Waals surface area (Å²) in [5.41, 5.74) is 0.753. The average molecular weight is 362 g/mol. The van der Waals surface area contributed by atoms with Crippen LogP contribution in [0.25, 0.3) is 22.1 Å². The number of pyridine rings is 1. The lowest BCUT2D eigenvalue weighted by molar-refractivity contribution is -0.138. The number of aromatic nitrogens is 2. The summed E-state index contributed by atoms with van der Waals surface area (Å²) in [4.78, 5) is 21.6. The van der Waals surface area contributed by atoms with Gasteiger partial charge in [0.15, 0.2) is 11.7 Å². The molecule has 2 atom stereocenters. The van der Waals surface area contributed by atoms with E-state index >= 15 is 0 Å². The van der Waals surface area contributed by atoms with Gasteiger partial charge in [0.1, 0.15) is 5.82 Å². The second-order valence-corrected chi connectivity index (χ2v) is 7.67. The maximum Gasteiger partial charge on any atom is 0.232 e. The first kappa shape index (κ1) is 16.4. The molecule has 3 aromatic rings. The van der Waals surface area contributed by atoms with Crippen LogP contribution in [-0.4, -0.2) is 29.0 Å². The van der Waals surface area contributed by atoms with Crippen LogP contribution in [0.4, 0.5) is 5.82 Å². The maximum atomic E-state index is 13.0. The van der Waals surface area contributed by atoms with Crippen LogP contribution in [-0.2, 0) is 4.79 Å². The molecule has 6 heteroatoms. The molecule has 0 bridgehead atoms. The van der Waals surface area contributed by atoms with Crippen LogP contribution in [0.2, 0.25) is 0 Å². The molecule has 5 rings (SSSR count). The highest BCUT2D eigenvalue weighted by Crippen LogP contribution is 2.51. The van der Waals surface area contributed by atoms with Gasteiger partial charge in [0.05, 0.1) is 11.6 Å². The highest BCUT2D eigenvalue weighted by molar-refractivity contribution is 5.97. The summed E-state index contributed by atoms with van der Waals surface area (Å²) in [6.45, 7) is 3.68. The van der Waals surface area contributed by atoms with Crippen LogP contribution >= 0.6 is 0 Å². The van der Waals surface area contributed by atoms with Crippen molar-refractivity contribution in [2.45, 2.75) is 26.2 Å². The van der Waals surface area contributed by atoms with Gasteiger partial charge in [0.25, 0.3) is 0 Å². The Kier molecular flexibility index (Phi) is 3.75. The molecule has 2 unspecified atom stereocenters. The minimum atomic E-state index is -0.207. The minimum absolute atomic E-state index is 0.120. The zero-order valence-electron chi connectivity index (χ0n) is 15.3. The number of nitrogens with zero attached hydrogens (tertiary/aromatic N) is 2. The number of hydrogen-bond donors (Lipinski definition) is 2. The lowest BCUT2D eigenvalue weighted by Gasteiger charge is -2.51. The van der Waals surface area contributed by atoms with Crippen molar-refractivity contribution in [2.75, 3.05) is 18.4 Å². The van der Waals surface area contributed by atoms with Gasteiger partial charge in [0.2, 0.25) is 5.91 Å². The van der Waals surface area contributed by atoms with Crippen LogP contribution < -0.4 is 10.6 Å². The molecule has 1 aliphatic carbocycles. The van der Waals surface area contributed by atoms with Crippen molar-refractivity contribution in [1.29, 1.82) is 0 Å². The summed E-state index contributed by atoms with van der Waals surface area (Å²) >= 11 is 0. The second-order valence-electron chi connectivity index (χ2n) is 7.67. The Morgan fingerprint density at radius 1 is 1.22 bits per heavy atom. The number of fused-ring (bicyclic) bond motifs is 2. The third kappa shape index (κ3) is 2.72. The normalized spacial score (nSPS) is 24.3. The standard InChI is InChI=1S/C21H22N4O2/c1-13-23-12-18(27-13)14-2-3-15-10-24-19(9-16(15)8-14)25-20(26)21-5-4-17(21)11-22-7-6-21/h2-3,8-10,12,17,22H,4-7,11H2,1H3,(H,24,25,26). The highest BCUT2D eigenvalue weighted by Gasteiger charge is 2.53. The van der Waals surface area contributed by atoms with Gasteiger partial charge in [-0.1, -0.05) is 12.1 Å². The number of nitrogens with one attached hydrogen (secondary N) is 2. The monoisotopic (exact) mass is 362 g/mol. The van der Waals surface area contributed by atoms with E-state index in [0.29, 0.717) is 17.6 Å². The Morgan fingerprint density at radius 3 is 2.89 bits per heavy atom. The molecule has 1 saturated carbocycles. The van der Waals surface area contributed by atoms with E-state index in [1.165, 1.54) is 0 Å². The van der Waals surface area contributed by atoms with Crippen molar-refractivity contribution in [3.63, 3.8) is 0 Å². The number of amides is 1. The third-order valence-electron chi connectivity index (χ3n) is 6.18. The molecule has 1 aromatic carbocycles. The molecule has 1 aliphatic heterocycles. The number of aryl methyl sites for hydroxylation is 1. The Morgan fingerprint density at radius 2 is 2.15 bits per heavy atom. The van der Waals surface area contributed by atoms with E-state index in [-0.39, 0.29) is 11.3 Å². The predicted molar refractivity (Wildman–Crippen MR) is 103 cm³/mol. The van der Waals surface area contributed by atoms with Crippen LogP contribution in [0.3, 0.4) is 0 Å². The van der Waals surface area contributed by atoms with E-state index in [9.17, 15) is 4.79 Å². The van der Waals surface area contributed by atoms with E-state index in [4.69, 9.17) is 4.42 Å². The molecule has 2 N–H and O–H groups in total. The SMILES string of the molecule is Cc1ncc(-c2ccc3cnc(NC(=O)C45CCNCC4CC5)cc3c2)o1. The number of anilines is 1. The van der Waals surface area contributed by atoms with Crippen molar-refractivity contribution in [3.05, 3.63) is 42.5 Å². The molecule has 138 valence electrons. The Bertz CT molecular complexity index is 1030. The van der Waals surface area contributed by atoms with Crippen LogP contribution in [0.1, 0.15) is 25.2 Å². The minimum Gasteiger partial charge on any atom is -0.441 e. The molecule has 27 heavy (non-hydrogen) atoms. The molecule has 3 heterocycles. The van der Waals surface area contributed by atoms with Gasteiger partial charge in [-0.05, 0) is 55.8 Å². The summed E-state index contributed by atoms with van der Waals surface area (Å²) in [5, 5.41) is 8.51. The number of benzene rings is 1. The summed E-state index contributed by atoms with van der Waals surface area (Å²) in [7, 11) is 0. The molecule has 1 amide bonds. The number of carbonyl (C=O) groups excluding carboxylic acids is 1. The summed E-state index contributed by atoms with van der Waals surface area (Å²) in [6.07, 6.45) is 6.55. The highest BCUT2D eigenvalue weighted by atomic mass is 16.4. The summed E-state index contributed by atoms with van der Waals surface area (Å²) in [6, 6.07) is 7.98. The molecule has 6 nitrogen and oxygen atoms in total. The van der Waals surface area contributed by atoms with E-state index in [1.807, 2.05) is 31.2 Å². The lowest BCUT2D eigenvalue weighted by Crippen LogP contribution is -2.57. The quantitative estimate of drug-likeness (QED) is 0.745. The Labute approximate surface area is 157 Å². The lowest BCUT2D eigenvalue weighted by atomic mass is 9.56. The fraction of sp³-hybridized carbons (Fsp3) is 0.381. The fourth-order valence-corrected chi connectivity index (χ4v) is 4.42. The average Bonchev–Trinajstić information content (AvgIpc) is 3.09. The topological polar surface area (TPSA) is 80.0 Å². The maximum absolute atomic E-state index is 13.0. The van der Waals surface area contributed by atoms with Crippen LogP contribution in [0.5, 0.6) is 0 Å². The smallest absolute Gasteiger partial charge is 0.232 e. The Balaban J connectivity index is 1.43.